The molecule has 0 saturated carbocycles. The van der Waals surface area contributed by atoms with Gasteiger partial charge in [-0.2, -0.15) is 0 Å². The fraction of sp³-hybridized carbons (Fsp3) is 0.111. The van der Waals surface area contributed by atoms with Crippen molar-refractivity contribution in [3.8, 4) is 5.75 Å². The fourth-order valence-electron chi connectivity index (χ4n) is 0.967. The van der Waals surface area contributed by atoms with Crippen molar-refractivity contribution in [2.24, 2.45) is 5.73 Å². The lowest BCUT2D eigenvalue weighted by atomic mass is 10.1. The van der Waals surface area contributed by atoms with Gasteiger partial charge in [0.15, 0.2) is 0 Å². The summed E-state index contributed by atoms with van der Waals surface area (Å²) in [7, 11) is 0. The molecule has 0 fully saturated rings. The molecule has 0 aliphatic carbocycles. The molecule has 0 unspecified atom stereocenters. The number of phenolic OH excluding ortho intramolecular Hbond substituents is 1. The second-order valence-electron chi connectivity index (χ2n) is 2.59. The Morgan fingerprint density at radius 1 is 1.62 bits per heavy atom. The summed E-state index contributed by atoms with van der Waals surface area (Å²) in [5, 5.41) is 9.35. The maximum atomic E-state index is 12.8. The first-order valence-corrected chi connectivity index (χ1v) is 4.00. The van der Waals surface area contributed by atoms with Gasteiger partial charge in [0.1, 0.15) is 11.6 Å². The zero-order chi connectivity index (χ0) is 10.0. The first-order valence-electron chi connectivity index (χ1n) is 3.62. The molecule has 0 saturated heterocycles. The highest BCUT2D eigenvalue weighted by atomic mass is 35.5. The van der Waals surface area contributed by atoms with E-state index < -0.39 is 11.9 Å². The zero-order valence-electron chi connectivity index (χ0n) is 6.80. The molecule has 3 N–H and O–H groups in total. The minimum Gasteiger partial charge on any atom is -0.506 e. The molecule has 1 aromatic rings. The van der Waals surface area contributed by atoms with Crippen LogP contribution in [-0.4, -0.2) is 5.11 Å². The van der Waals surface area contributed by atoms with E-state index in [4.69, 9.17) is 17.3 Å². The Bertz CT molecular complexity index is 341. The second kappa shape index (κ2) is 3.77. The highest BCUT2D eigenvalue weighted by molar-refractivity contribution is 6.32. The van der Waals surface area contributed by atoms with Crippen molar-refractivity contribution in [3.63, 3.8) is 0 Å². The van der Waals surface area contributed by atoms with E-state index in [1.807, 2.05) is 0 Å². The molecule has 0 spiro atoms. The van der Waals surface area contributed by atoms with E-state index in [2.05, 4.69) is 6.58 Å². The van der Waals surface area contributed by atoms with Crippen LogP contribution in [0.4, 0.5) is 4.39 Å². The van der Waals surface area contributed by atoms with Crippen LogP contribution in [0.15, 0.2) is 24.8 Å². The van der Waals surface area contributed by atoms with E-state index in [0.29, 0.717) is 0 Å². The number of halogens is 2. The third-order valence-electron chi connectivity index (χ3n) is 1.67. The van der Waals surface area contributed by atoms with Gasteiger partial charge in [0.25, 0.3) is 0 Å². The Kier molecular flexibility index (Phi) is 2.90. The van der Waals surface area contributed by atoms with E-state index in [9.17, 15) is 9.50 Å². The summed E-state index contributed by atoms with van der Waals surface area (Å²) in [6, 6.07) is 1.54. The van der Waals surface area contributed by atoms with Gasteiger partial charge in [0.2, 0.25) is 0 Å². The van der Waals surface area contributed by atoms with Gasteiger partial charge in [-0.15, -0.1) is 6.58 Å². The first-order chi connectivity index (χ1) is 6.06. The van der Waals surface area contributed by atoms with Crippen LogP contribution >= 0.6 is 11.6 Å². The quantitative estimate of drug-likeness (QED) is 0.722. The Hall–Kier alpha value is -1.06. The average Bonchev–Trinajstić information content (AvgIpc) is 2.10. The molecule has 0 aliphatic rings. The molecular formula is C9H9ClFNO. The van der Waals surface area contributed by atoms with Crippen molar-refractivity contribution < 1.29 is 9.50 Å². The molecule has 1 atom stereocenters. The lowest BCUT2D eigenvalue weighted by Gasteiger charge is -2.10. The summed E-state index contributed by atoms with van der Waals surface area (Å²) in [6.45, 7) is 3.44. The number of phenols is 1. The largest absolute Gasteiger partial charge is 0.506 e. The van der Waals surface area contributed by atoms with Gasteiger partial charge in [-0.25, -0.2) is 4.39 Å². The van der Waals surface area contributed by atoms with E-state index >= 15 is 0 Å². The molecule has 4 heteroatoms. The van der Waals surface area contributed by atoms with Gasteiger partial charge < -0.3 is 10.8 Å². The molecule has 0 radical (unpaired) electrons. The standard InChI is InChI=1S/C9H9ClFNO/c1-2-8(12)6-3-5(11)4-7(10)9(6)13/h2-4,8,13H,1,12H2/t8-/m1/s1. The van der Waals surface area contributed by atoms with Crippen LogP contribution in [0.2, 0.25) is 5.02 Å². The average molecular weight is 202 g/mol. The van der Waals surface area contributed by atoms with Crippen LogP contribution in [0.1, 0.15) is 11.6 Å². The van der Waals surface area contributed by atoms with Crippen molar-refractivity contribution >= 4 is 11.6 Å². The van der Waals surface area contributed by atoms with E-state index in [-0.39, 0.29) is 16.3 Å². The number of hydrogen-bond acceptors (Lipinski definition) is 2. The predicted octanol–water partition coefficient (Wildman–Crippen LogP) is 2.37. The van der Waals surface area contributed by atoms with Gasteiger partial charge in [-0.3, -0.25) is 0 Å². The van der Waals surface area contributed by atoms with Crippen molar-refractivity contribution in [1.82, 2.24) is 0 Å². The van der Waals surface area contributed by atoms with Crippen LogP contribution in [0.25, 0.3) is 0 Å². The number of aromatic hydroxyl groups is 1. The van der Waals surface area contributed by atoms with Crippen LogP contribution in [-0.2, 0) is 0 Å². The topological polar surface area (TPSA) is 46.2 Å². The molecule has 70 valence electrons. The van der Waals surface area contributed by atoms with E-state index in [0.717, 1.165) is 12.1 Å². The third kappa shape index (κ3) is 1.99. The predicted molar refractivity (Wildman–Crippen MR) is 50.2 cm³/mol. The number of hydrogen-bond donors (Lipinski definition) is 2. The second-order valence-corrected chi connectivity index (χ2v) is 2.99. The van der Waals surface area contributed by atoms with Gasteiger partial charge in [-0.1, -0.05) is 17.7 Å². The van der Waals surface area contributed by atoms with Crippen LogP contribution in [0.5, 0.6) is 5.75 Å². The number of rotatable bonds is 2. The smallest absolute Gasteiger partial charge is 0.139 e. The molecule has 0 aromatic heterocycles. The Labute approximate surface area is 80.4 Å². The lowest BCUT2D eigenvalue weighted by molar-refractivity contribution is 0.463. The molecule has 2 nitrogen and oxygen atoms in total. The van der Waals surface area contributed by atoms with E-state index in [1.165, 1.54) is 6.08 Å². The zero-order valence-corrected chi connectivity index (χ0v) is 7.55. The SMILES string of the molecule is C=C[C@@H](N)c1cc(F)cc(Cl)c1O. The molecule has 1 aromatic carbocycles. The highest BCUT2D eigenvalue weighted by Crippen LogP contribution is 2.31. The normalized spacial score (nSPS) is 12.5. The molecular weight excluding hydrogens is 193 g/mol. The number of nitrogens with two attached hydrogens (primary N) is 1. The Morgan fingerprint density at radius 2 is 2.23 bits per heavy atom. The van der Waals surface area contributed by atoms with Crippen LogP contribution < -0.4 is 5.73 Å². The molecule has 0 bridgehead atoms. The van der Waals surface area contributed by atoms with Crippen molar-refractivity contribution in [2.45, 2.75) is 6.04 Å². The monoisotopic (exact) mass is 201 g/mol. The van der Waals surface area contributed by atoms with Gasteiger partial charge in [0, 0.05) is 5.56 Å². The minimum absolute atomic E-state index is 0.0488. The van der Waals surface area contributed by atoms with Crippen LogP contribution in [0.3, 0.4) is 0 Å². The highest BCUT2D eigenvalue weighted by Gasteiger charge is 2.12. The minimum atomic E-state index is -0.617. The first kappa shape index (κ1) is 10.0. The third-order valence-corrected chi connectivity index (χ3v) is 1.96. The summed E-state index contributed by atoms with van der Waals surface area (Å²) in [5.41, 5.74) is 5.77. The molecule has 1 rings (SSSR count). The summed E-state index contributed by atoms with van der Waals surface area (Å²) in [6.07, 6.45) is 1.39. The summed E-state index contributed by atoms with van der Waals surface area (Å²) in [4.78, 5) is 0. The van der Waals surface area contributed by atoms with Crippen LogP contribution in [0, 0.1) is 5.82 Å². The van der Waals surface area contributed by atoms with Crippen molar-refractivity contribution in [1.29, 1.82) is 0 Å². The molecule has 0 aliphatic heterocycles. The summed E-state index contributed by atoms with van der Waals surface area (Å²) >= 11 is 5.54. The lowest BCUT2D eigenvalue weighted by Crippen LogP contribution is -2.07. The molecule has 13 heavy (non-hydrogen) atoms. The Morgan fingerprint density at radius 3 is 2.77 bits per heavy atom. The molecule has 0 amide bonds. The summed E-state index contributed by atoms with van der Waals surface area (Å²) < 4.78 is 12.8. The maximum absolute atomic E-state index is 12.8. The van der Waals surface area contributed by atoms with Gasteiger partial charge >= 0.3 is 0 Å². The Balaban J connectivity index is 3.27. The fourth-order valence-corrected chi connectivity index (χ4v) is 1.18. The van der Waals surface area contributed by atoms with E-state index in [1.54, 1.807) is 0 Å². The van der Waals surface area contributed by atoms with Gasteiger partial charge in [0.05, 0.1) is 11.1 Å². The number of benzene rings is 1. The van der Waals surface area contributed by atoms with Crippen molar-refractivity contribution in [2.75, 3.05) is 0 Å². The maximum Gasteiger partial charge on any atom is 0.139 e. The van der Waals surface area contributed by atoms with Crippen molar-refractivity contribution in [3.05, 3.63) is 41.2 Å². The molecule has 0 heterocycles. The van der Waals surface area contributed by atoms with Gasteiger partial charge in [-0.05, 0) is 12.1 Å². The summed E-state index contributed by atoms with van der Waals surface area (Å²) in [5.74, 6) is -0.731.